The fourth-order valence-corrected chi connectivity index (χ4v) is 2.41. The molecule has 1 atom stereocenters. The predicted molar refractivity (Wildman–Crippen MR) is 77.5 cm³/mol. The minimum absolute atomic E-state index is 0.0263. The van der Waals surface area contributed by atoms with E-state index in [1.807, 2.05) is 4.90 Å². The van der Waals surface area contributed by atoms with Crippen LogP contribution in [0.1, 0.15) is 23.7 Å². The molecule has 1 fully saturated rings. The molecule has 2 rings (SSSR count). The van der Waals surface area contributed by atoms with Gasteiger partial charge in [-0.1, -0.05) is 0 Å². The zero-order valence-corrected chi connectivity index (χ0v) is 12.3. The summed E-state index contributed by atoms with van der Waals surface area (Å²) in [6.45, 7) is 4.59. The van der Waals surface area contributed by atoms with E-state index in [0.29, 0.717) is 17.1 Å². The Bertz CT molecular complexity index is 454. The number of hydrogen-bond acceptors (Lipinski definition) is 4. The Morgan fingerprint density at radius 1 is 1.20 bits per heavy atom. The first-order valence-electron chi connectivity index (χ1n) is 6.90. The highest BCUT2D eigenvalue weighted by molar-refractivity contribution is 5.95. The predicted octanol–water partition coefficient (Wildman–Crippen LogP) is 1.53. The van der Waals surface area contributed by atoms with Gasteiger partial charge in [-0.2, -0.15) is 0 Å². The highest BCUT2D eigenvalue weighted by Crippen LogP contribution is 2.24. The molecule has 0 aliphatic carbocycles. The van der Waals surface area contributed by atoms with Crippen molar-refractivity contribution >= 4 is 5.91 Å². The molecule has 0 bridgehead atoms. The zero-order chi connectivity index (χ0) is 14.5. The monoisotopic (exact) mass is 278 g/mol. The summed E-state index contributed by atoms with van der Waals surface area (Å²) < 4.78 is 10.4. The Morgan fingerprint density at radius 3 is 2.45 bits per heavy atom. The summed E-state index contributed by atoms with van der Waals surface area (Å²) in [5, 5.41) is 3.32. The Kier molecular flexibility index (Phi) is 4.84. The summed E-state index contributed by atoms with van der Waals surface area (Å²) in [6, 6.07) is 5.52. The normalized spacial score (nSPS) is 19.4. The molecule has 0 aromatic heterocycles. The first-order valence-corrected chi connectivity index (χ1v) is 6.90. The van der Waals surface area contributed by atoms with Crippen molar-refractivity contribution in [1.82, 2.24) is 10.2 Å². The van der Waals surface area contributed by atoms with Crippen LogP contribution in [0, 0.1) is 0 Å². The van der Waals surface area contributed by atoms with Crippen LogP contribution in [-0.2, 0) is 0 Å². The third kappa shape index (κ3) is 3.22. The van der Waals surface area contributed by atoms with E-state index in [1.54, 1.807) is 32.4 Å². The van der Waals surface area contributed by atoms with Crippen LogP contribution in [0.3, 0.4) is 0 Å². The molecule has 1 amide bonds. The Morgan fingerprint density at radius 2 is 1.85 bits per heavy atom. The number of carbonyl (C=O) groups is 1. The Balaban J connectivity index is 2.26. The lowest BCUT2D eigenvalue weighted by atomic mass is 10.1. The minimum Gasteiger partial charge on any atom is -0.497 e. The fraction of sp³-hybridized carbons (Fsp3) is 0.533. The highest BCUT2D eigenvalue weighted by atomic mass is 16.5. The van der Waals surface area contributed by atoms with E-state index in [9.17, 15) is 4.79 Å². The van der Waals surface area contributed by atoms with Gasteiger partial charge in [0.2, 0.25) is 0 Å². The second-order valence-corrected chi connectivity index (χ2v) is 4.99. The molecule has 0 radical (unpaired) electrons. The number of hydrogen-bond donors (Lipinski definition) is 1. The summed E-state index contributed by atoms with van der Waals surface area (Å²) in [6.07, 6.45) is 0.965. The van der Waals surface area contributed by atoms with E-state index in [1.165, 1.54) is 0 Å². The van der Waals surface area contributed by atoms with E-state index < -0.39 is 0 Å². The molecule has 1 aliphatic rings. The number of ether oxygens (including phenoxy) is 2. The smallest absolute Gasteiger partial charge is 0.254 e. The molecule has 110 valence electrons. The van der Waals surface area contributed by atoms with Crippen molar-refractivity contribution in [3.8, 4) is 11.5 Å². The molecule has 5 nitrogen and oxygen atoms in total. The summed E-state index contributed by atoms with van der Waals surface area (Å²) in [5.74, 6) is 1.29. The molecule has 0 saturated carbocycles. The molecule has 1 unspecified atom stereocenters. The largest absolute Gasteiger partial charge is 0.497 e. The van der Waals surface area contributed by atoms with Gasteiger partial charge >= 0.3 is 0 Å². The van der Waals surface area contributed by atoms with Crippen LogP contribution in [0.4, 0.5) is 0 Å². The van der Waals surface area contributed by atoms with Crippen molar-refractivity contribution in [2.75, 3.05) is 33.9 Å². The minimum atomic E-state index is 0.0263. The van der Waals surface area contributed by atoms with Crippen LogP contribution in [0.2, 0.25) is 0 Å². The van der Waals surface area contributed by atoms with Crippen LogP contribution in [0.25, 0.3) is 0 Å². The SMILES string of the molecule is COc1cc(OC)cc(C(=O)N2CCNCCC2C)c1. The molecule has 1 N–H and O–H groups in total. The van der Waals surface area contributed by atoms with Crippen molar-refractivity contribution in [2.45, 2.75) is 19.4 Å². The fourth-order valence-electron chi connectivity index (χ4n) is 2.41. The summed E-state index contributed by atoms with van der Waals surface area (Å²) >= 11 is 0. The van der Waals surface area contributed by atoms with Crippen LogP contribution in [0.5, 0.6) is 11.5 Å². The molecular formula is C15H22N2O3. The Hall–Kier alpha value is -1.75. The third-order valence-electron chi connectivity index (χ3n) is 3.66. The van der Waals surface area contributed by atoms with E-state index >= 15 is 0 Å². The standard InChI is InChI=1S/C15H22N2O3/c1-11-4-5-16-6-7-17(11)15(18)12-8-13(19-2)10-14(9-12)20-3/h8-11,16H,4-7H2,1-3H3. The van der Waals surface area contributed by atoms with Gasteiger partial charge in [-0.05, 0) is 32.0 Å². The Labute approximate surface area is 119 Å². The quantitative estimate of drug-likeness (QED) is 0.911. The maximum atomic E-state index is 12.7. The number of nitrogens with zero attached hydrogens (tertiary/aromatic N) is 1. The van der Waals surface area contributed by atoms with E-state index in [4.69, 9.17) is 9.47 Å². The van der Waals surface area contributed by atoms with Crippen LogP contribution in [0.15, 0.2) is 18.2 Å². The second-order valence-electron chi connectivity index (χ2n) is 4.99. The van der Waals surface area contributed by atoms with Crippen LogP contribution in [-0.4, -0.2) is 50.7 Å². The molecule has 1 saturated heterocycles. The van der Waals surface area contributed by atoms with Crippen molar-refractivity contribution in [2.24, 2.45) is 0 Å². The zero-order valence-electron chi connectivity index (χ0n) is 12.3. The number of methoxy groups -OCH3 is 2. The van der Waals surface area contributed by atoms with Crippen LogP contribution >= 0.6 is 0 Å². The van der Waals surface area contributed by atoms with Gasteiger partial charge < -0.3 is 19.7 Å². The van der Waals surface area contributed by atoms with Crippen molar-refractivity contribution in [3.63, 3.8) is 0 Å². The van der Waals surface area contributed by atoms with Crippen molar-refractivity contribution < 1.29 is 14.3 Å². The number of carbonyl (C=O) groups excluding carboxylic acids is 1. The van der Waals surface area contributed by atoms with Gasteiger partial charge in [0.25, 0.3) is 5.91 Å². The number of rotatable bonds is 3. The van der Waals surface area contributed by atoms with Gasteiger partial charge in [0.1, 0.15) is 11.5 Å². The number of nitrogens with one attached hydrogen (secondary N) is 1. The average Bonchev–Trinajstić information content (AvgIpc) is 2.70. The molecule has 1 aromatic carbocycles. The van der Waals surface area contributed by atoms with Gasteiger partial charge in [-0.15, -0.1) is 0 Å². The highest BCUT2D eigenvalue weighted by Gasteiger charge is 2.23. The molecule has 0 spiro atoms. The number of benzene rings is 1. The van der Waals surface area contributed by atoms with Gasteiger partial charge in [0, 0.05) is 30.8 Å². The van der Waals surface area contributed by atoms with Gasteiger partial charge in [-0.25, -0.2) is 0 Å². The lowest BCUT2D eigenvalue weighted by Crippen LogP contribution is -2.39. The van der Waals surface area contributed by atoms with Crippen LogP contribution < -0.4 is 14.8 Å². The molecule has 1 heterocycles. The van der Waals surface area contributed by atoms with E-state index in [-0.39, 0.29) is 11.9 Å². The topological polar surface area (TPSA) is 50.8 Å². The number of amides is 1. The first kappa shape index (κ1) is 14.7. The molecule has 5 heteroatoms. The van der Waals surface area contributed by atoms with Gasteiger partial charge in [0.15, 0.2) is 0 Å². The lowest BCUT2D eigenvalue weighted by molar-refractivity contribution is 0.0704. The van der Waals surface area contributed by atoms with E-state index in [0.717, 1.165) is 26.1 Å². The molecule has 20 heavy (non-hydrogen) atoms. The van der Waals surface area contributed by atoms with Crippen molar-refractivity contribution in [3.05, 3.63) is 23.8 Å². The summed E-state index contributed by atoms with van der Waals surface area (Å²) in [4.78, 5) is 14.6. The van der Waals surface area contributed by atoms with Crippen molar-refractivity contribution in [1.29, 1.82) is 0 Å². The maximum absolute atomic E-state index is 12.7. The van der Waals surface area contributed by atoms with Gasteiger partial charge in [-0.3, -0.25) is 4.79 Å². The molecule has 1 aromatic rings. The third-order valence-corrected chi connectivity index (χ3v) is 3.66. The maximum Gasteiger partial charge on any atom is 0.254 e. The first-order chi connectivity index (χ1) is 9.65. The summed E-state index contributed by atoms with van der Waals surface area (Å²) in [5.41, 5.74) is 0.606. The summed E-state index contributed by atoms with van der Waals surface area (Å²) in [7, 11) is 3.17. The van der Waals surface area contributed by atoms with E-state index in [2.05, 4.69) is 12.2 Å². The molecular weight excluding hydrogens is 256 g/mol. The second kappa shape index (κ2) is 6.61. The van der Waals surface area contributed by atoms with Gasteiger partial charge in [0.05, 0.1) is 14.2 Å². The molecule has 1 aliphatic heterocycles. The lowest BCUT2D eigenvalue weighted by Gasteiger charge is -2.27. The average molecular weight is 278 g/mol.